The van der Waals surface area contributed by atoms with Crippen molar-refractivity contribution >= 4 is 5.91 Å². The Bertz CT molecular complexity index is 254. The zero-order chi connectivity index (χ0) is 12.8. The molecule has 0 radical (unpaired) electrons. The second-order valence-electron chi connectivity index (χ2n) is 5.75. The lowest BCUT2D eigenvalue weighted by Crippen LogP contribution is -2.46. The van der Waals surface area contributed by atoms with Crippen LogP contribution in [0.2, 0.25) is 0 Å². The molecule has 0 bridgehead atoms. The number of nitrogens with one attached hydrogen (secondary N) is 1. The maximum atomic E-state index is 12.1. The molecule has 0 atom stereocenters. The first-order chi connectivity index (χ1) is 8.75. The first-order valence-electron chi connectivity index (χ1n) is 7.45. The van der Waals surface area contributed by atoms with E-state index in [1.165, 1.54) is 38.5 Å². The fraction of sp³-hybridized carbons (Fsp3) is 0.929. The van der Waals surface area contributed by atoms with Gasteiger partial charge in [0.15, 0.2) is 0 Å². The molecule has 4 nitrogen and oxygen atoms in total. The Morgan fingerprint density at radius 2 is 1.67 bits per heavy atom. The minimum Gasteiger partial charge on any atom is -0.342 e. The summed E-state index contributed by atoms with van der Waals surface area (Å²) in [6.45, 7) is 4.77. The maximum Gasteiger partial charge on any atom is 0.236 e. The third-order valence-corrected chi connectivity index (χ3v) is 4.22. The largest absolute Gasteiger partial charge is 0.342 e. The summed E-state index contributed by atoms with van der Waals surface area (Å²) < 4.78 is 0. The number of likely N-dealkylation sites (tertiary alicyclic amines) is 2. The highest BCUT2D eigenvalue weighted by molar-refractivity contribution is 5.78. The molecule has 2 rings (SSSR count). The molecule has 1 N–H and O–H groups in total. The minimum absolute atomic E-state index is 0.302. The van der Waals surface area contributed by atoms with Gasteiger partial charge in [-0.05, 0) is 45.8 Å². The van der Waals surface area contributed by atoms with Gasteiger partial charge in [0, 0.05) is 19.1 Å². The van der Waals surface area contributed by atoms with Crippen LogP contribution in [0.4, 0.5) is 0 Å². The monoisotopic (exact) mass is 253 g/mol. The molecule has 0 aromatic rings. The molecule has 18 heavy (non-hydrogen) atoms. The third-order valence-electron chi connectivity index (χ3n) is 4.22. The van der Waals surface area contributed by atoms with E-state index in [0.717, 1.165) is 26.2 Å². The number of carbonyl (C=O) groups is 1. The van der Waals surface area contributed by atoms with Gasteiger partial charge in [-0.2, -0.15) is 0 Å². The molecule has 0 spiro atoms. The molecule has 2 saturated heterocycles. The van der Waals surface area contributed by atoms with Crippen molar-refractivity contribution in [2.24, 2.45) is 0 Å². The van der Waals surface area contributed by atoms with Crippen molar-refractivity contribution in [2.75, 3.05) is 39.8 Å². The van der Waals surface area contributed by atoms with E-state index < -0.39 is 0 Å². The van der Waals surface area contributed by atoms with Gasteiger partial charge in [-0.1, -0.05) is 12.8 Å². The first-order valence-corrected chi connectivity index (χ1v) is 7.45. The molecule has 2 fully saturated rings. The molecular weight excluding hydrogens is 226 g/mol. The highest BCUT2D eigenvalue weighted by Crippen LogP contribution is 2.10. The molecule has 0 aromatic carbocycles. The second kappa shape index (κ2) is 7.10. The number of piperidine rings is 1. The molecule has 2 heterocycles. The number of nitrogens with zero attached hydrogens (tertiary/aromatic N) is 2. The van der Waals surface area contributed by atoms with Crippen molar-refractivity contribution in [1.82, 2.24) is 15.1 Å². The standard InChI is InChI=1S/C14H27N3O/c1-16-10-6-13(7-11-16)15-12-14(18)17-8-4-2-3-5-9-17/h13,15H,2-12H2,1H3. The van der Waals surface area contributed by atoms with Crippen molar-refractivity contribution in [3.8, 4) is 0 Å². The van der Waals surface area contributed by atoms with Crippen LogP contribution in [0.3, 0.4) is 0 Å². The third kappa shape index (κ3) is 4.25. The summed E-state index contributed by atoms with van der Waals surface area (Å²) in [5, 5.41) is 3.44. The smallest absolute Gasteiger partial charge is 0.236 e. The van der Waals surface area contributed by atoms with Crippen LogP contribution in [0.1, 0.15) is 38.5 Å². The van der Waals surface area contributed by atoms with Gasteiger partial charge in [0.05, 0.1) is 6.54 Å². The summed E-state index contributed by atoms with van der Waals surface area (Å²) in [5.74, 6) is 0.302. The Kier molecular flexibility index (Phi) is 5.45. The molecule has 0 aromatic heterocycles. The SMILES string of the molecule is CN1CCC(NCC(=O)N2CCCCCC2)CC1. The number of carbonyl (C=O) groups excluding carboxylic acids is 1. The molecule has 0 saturated carbocycles. The van der Waals surface area contributed by atoms with Crippen LogP contribution in [-0.2, 0) is 4.79 Å². The number of rotatable bonds is 3. The maximum absolute atomic E-state index is 12.1. The van der Waals surface area contributed by atoms with Gasteiger partial charge in [0.2, 0.25) is 5.91 Å². The minimum atomic E-state index is 0.302. The Labute approximate surface area is 111 Å². The Morgan fingerprint density at radius 1 is 1.06 bits per heavy atom. The Morgan fingerprint density at radius 3 is 2.28 bits per heavy atom. The normalized spacial score (nSPS) is 23.9. The van der Waals surface area contributed by atoms with E-state index in [4.69, 9.17) is 0 Å². The van der Waals surface area contributed by atoms with Gasteiger partial charge in [0.1, 0.15) is 0 Å². The van der Waals surface area contributed by atoms with E-state index in [-0.39, 0.29) is 0 Å². The summed E-state index contributed by atoms with van der Waals surface area (Å²) in [5.41, 5.74) is 0. The highest BCUT2D eigenvalue weighted by Gasteiger charge is 2.19. The summed E-state index contributed by atoms with van der Waals surface area (Å²) >= 11 is 0. The number of amides is 1. The van der Waals surface area contributed by atoms with E-state index in [1.54, 1.807) is 0 Å². The molecule has 2 aliphatic rings. The predicted molar refractivity (Wildman–Crippen MR) is 73.6 cm³/mol. The van der Waals surface area contributed by atoms with Crippen molar-refractivity contribution in [3.63, 3.8) is 0 Å². The quantitative estimate of drug-likeness (QED) is 0.817. The molecule has 0 aliphatic carbocycles. The molecule has 0 unspecified atom stereocenters. The molecule has 1 amide bonds. The van der Waals surface area contributed by atoms with Crippen molar-refractivity contribution in [1.29, 1.82) is 0 Å². The van der Waals surface area contributed by atoms with Crippen LogP contribution < -0.4 is 5.32 Å². The first kappa shape index (κ1) is 13.8. The van der Waals surface area contributed by atoms with Crippen molar-refractivity contribution < 1.29 is 4.79 Å². The number of hydrogen-bond acceptors (Lipinski definition) is 3. The van der Waals surface area contributed by atoms with E-state index in [2.05, 4.69) is 22.2 Å². The van der Waals surface area contributed by atoms with E-state index in [9.17, 15) is 4.79 Å². The second-order valence-corrected chi connectivity index (χ2v) is 5.75. The van der Waals surface area contributed by atoms with Crippen LogP contribution in [0.25, 0.3) is 0 Å². The average Bonchev–Trinajstić information content (AvgIpc) is 2.66. The van der Waals surface area contributed by atoms with Gasteiger partial charge in [0.25, 0.3) is 0 Å². The Balaban J connectivity index is 1.67. The summed E-state index contributed by atoms with van der Waals surface area (Å²) in [6.07, 6.45) is 7.27. The summed E-state index contributed by atoms with van der Waals surface area (Å²) in [6, 6.07) is 0.539. The lowest BCUT2D eigenvalue weighted by Gasteiger charge is -2.30. The summed E-state index contributed by atoms with van der Waals surface area (Å²) in [4.78, 5) is 16.5. The molecule has 104 valence electrons. The van der Waals surface area contributed by atoms with Gasteiger partial charge in [-0.15, -0.1) is 0 Å². The average molecular weight is 253 g/mol. The Hall–Kier alpha value is -0.610. The predicted octanol–water partition coefficient (Wildman–Crippen LogP) is 1.07. The zero-order valence-electron chi connectivity index (χ0n) is 11.7. The van der Waals surface area contributed by atoms with Crippen molar-refractivity contribution in [3.05, 3.63) is 0 Å². The van der Waals surface area contributed by atoms with Crippen LogP contribution in [0.5, 0.6) is 0 Å². The molecule has 4 heteroatoms. The van der Waals surface area contributed by atoms with Crippen LogP contribution in [0, 0.1) is 0 Å². The topological polar surface area (TPSA) is 35.6 Å². The molecular formula is C14H27N3O. The fourth-order valence-corrected chi connectivity index (χ4v) is 2.88. The fourth-order valence-electron chi connectivity index (χ4n) is 2.88. The van der Waals surface area contributed by atoms with E-state index >= 15 is 0 Å². The van der Waals surface area contributed by atoms with Crippen LogP contribution in [0.15, 0.2) is 0 Å². The highest BCUT2D eigenvalue weighted by atomic mass is 16.2. The van der Waals surface area contributed by atoms with Crippen LogP contribution in [-0.4, -0.2) is 61.5 Å². The van der Waals surface area contributed by atoms with Gasteiger partial charge >= 0.3 is 0 Å². The summed E-state index contributed by atoms with van der Waals surface area (Å²) in [7, 11) is 2.17. The van der Waals surface area contributed by atoms with Crippen LogP contribution >= 0.6 is 0 Å². The van der Waals surface area contributed by atoms with Gasteiger partial charge in [-0.3, -0.25) is 4.79 Å². The van der Waals surface area contributed by atoms with Gasteiger partial charge in [-0.25, -0.2) is 0 Å². The van der Waals surface area contributed by atoms with Crippen molar-refractivity contribution in [2.45, 2.75) is 44.6 Å². The lowest BCUT2D eigenvalue weighted by molar-refractivity contribution is -0.130. The van der Waals surface area contributed by atoms with E-state index in [1.807, 2.05) is 0 Å². The number of hydrogen-bond donors (Lipinski definition) is 1. The van der Waals surface area contributed by atoms with E-state index in [0.29, 0.717) is 18.5 Å². The zero-order valence-corrected chi connectivity index (χ0v) is 11.7. The molecule has 2 aliphatic heterocycles. The van der Waals surface area contributed by atoms with Gasteiger partial charge < -0.3 is 15.1 Å². The lowest BCUT2D eigenvalue weighted by atomic mass is 10.1.